The number of aromatic nitrogens is 3. The molecule has 1 amide bonds. The van der Waals surface area contributed by atoms with Gasteiger partial charge in [0.05, 0.1) is 11.4 Å². The summed E-state index contributed by atoms with van der Waals surface area (Å²) in [6.45, 7) is 1.74. The average Bonchev–Trinajstić information content (AvgIpc) is 3.14. The summed E-state index contributed by atoms with van der Waals surface area (Å²) in [4.78, 5) is 29.7. The van der Waals surface area contributed by atoms with Gasteiger partial charge in [-0.3, -0.25) is 4.79 Å². The van der Waals surface area contributed by atoms with Crippen molar-refractivity contribution in [3.05, 3.63) is 71.5 Å². The van der Waals surface area contributed by atoms with E-state index in [0.29, 0.717) is 12.2 Å². The van der Waals surface area contributed by atoms with E-state index >= 15 is 0 Å². The van der Waals surface area contributed by atoms with Crippen molar-refractivity contribution in [2.75, 3.05) is 32.6 Å². The number of amides is 1. The largest absolute Gasteiger partial charge is 0.451 e. The molecule has 0 spiro atoms. The number of carbonyl (C=O) groups is 2. The molecule has 0 radical (unpaired) electrons. The molecule has 8 heteroatoms. The zero-order valence-electron chi connectivity index (χ0n) is 17.6. The number of ether oxygens (including phenoxy) is 1. The number of benzene rings is 2. The van der Waals surface area contributed by atoms with Gasteiger partial charge in [0.1, 0.15) is 0 Å². The monoisotopic (exact) mass is 407 g/mol. The van der Waals surface area contributed by atoms with Crippen LogP contribution in [0.25, 0.3) is 5.69 Å². The van der Waals surface area contributed by atoms with Crippen molar-refractivity contribution >= 4 is 17.6 Å². The van der Waals surface area contributed by atoms with E-state index in [0.717, 1.165) is 16.9 Å². The Balaban J connectivity index is 1.56. The van der Waals surface area contributed by atoms with Crippen molar-refractivity contribution < 1.29 is 14.3 Å². The Bertz CT molecular complexity index is 1010. The van der Waals surface area contributed by atoms with Crippen LogP contribution >= 0.6 is 0 Å². The molecule has 0 bridgehead atoms. The SMILES string of the molecule is Cc1nn(-c2ccccc2)nc1C(=O)OCC(=O)N(C)Cc1ccc(N(C)C)cc1. The molecule has 3 rings (SSSR count). The molecule has 1 heterocycles. The van der Waals surface area contributed by atoms with Crippen LogP contribution in [0.2, 0.25) is 0 Å². The van der Waals surface area contributed by atoms with Gasteiger partial charge in [-0.2, -0.15) is 9.90 Å². The molecular weight excluding hydrogens is 382 g/mol. The second kappa shape index (κ2) is 9.21. The normalized spacial score (nSPS) is 10.5. The van der Waals surface area contributed by atoms with Crippen LogP contribution in [0.1, 0.15) is 21.7 Å². The molecule has 2 aromatic carbocycles. The summed E-state index contributed by atoms with van der Waals surface area (Å²) >= 11 is 0. The van der Waals surface area contributed by atoms with Gasteiger partial charge in [-0.15, -0.1) is 5.10 Å². The topological polar surface area (TPSA) is 80.6 Å². The van der Waals surface area contributed by atoms with Crippen LogP contribution in [0.15, 0.2) is 54.6 Å². The number of likely N-dealkylation sites (N-methyl/N-ethyl adjacent to an activating group) is 1. The lowest BCUT2D eigenvalue weighted by molar-refractivity contribution is -0.133. The fraction of sp³-hybridized carbons (Fsp3) is 0.273. The van der Waals surface area contributed by atoms with E-state index in [2.05, 4.69) is 10.2 Å². The fourth-order valence-electron chi connectivity index (χ4n) is 2.81. The Morgan fingerprint density at radius 2 is 1.63 bits per heavy atom. The van der Waals surface area contributed by atoms with Crippen LogP contribution in [0.3, 0.4) is 0 Å². The molecule has 0 unspecified atom stereocenters. The highest BCUT2D eigenvalue weighted by atomic mass is 16.5. The van der Waals surface area contributed by atoms with E-state index < -0.39 is 5.97 Å². The van der Waals surface area contributed by atoms with Gasteiger partial charge in [-0.25, -0.2) is 4.79 Å². The Morgan fingerprint density at radius 1 is 0.967 bits per heavy atom. The maximum absolute atomic E-state index is 12.4. The molecule has 0 atom stereocenters. The van der Waals surface area contributed by atoms with Gasteiger partial charge in [0.2, 0.25) is 0 Å². The molecule has 156 valence electrons. The minimum absolute atomic E-state index is 0.0913. The van der Waals surface area contributed by atoms with Gasteiger partial charge in [0.25, 0.3) is 5.91 Å². The summed E-state index contributed by atoms with van der Waals surface area (Å²) in [5, 5.41) is 8.44. The molecular formula is C22H25N5O3. The summed E-state index contributed by atoms with van der Waals surface area (Å²) in [5.74, 6) is -0.972. The van der Waals surface area contributed by atoms with Crippen molar-refractivity contribution in [1.82, 2.24) is 19.9 Å². The third-order valence-electron chi connectivity index (χ3n) is 4.59. The Kier molecular flexibility index (Phi) is 6.46. The maximum Gasteiger partial charge on any atom is 0.361 e. The van der Waals surface area contributed by atoms with Crippen molar-refractivity contribution in [3.8, 4) is 5.69 Å². The lowest BCUT2D eigenvalue weighted by atomic mass is 10.2. The number of hydrogen-bond donors (Lipinski definition) is 0. The van der Waals surface area contributed by atoms with E-state index in [4.69, 9.17) is 4.74 Å². The molecule has 8 nitrogen and oxygen atoms in total. The molecule has 0 saturated heterocycles. The molecule has 0 aliphatic carbocycles. The van der Waals surface area contributed by atoms with E-state index in [1.807, 2.05) is 73.6 Å². The van der Waals surface area contributed by atoms with E-state index in [9.17, 15) is 9.59 Å². The first kappa shape index (κ1) is 21.0. The number of esters is 1. The van der Waals surface area contributed by atoms with Crippen LogP contribution < -0.4 is 4.90 Å². The highest BCUT2D eigenvalue weighted by molar-refractivity contribution is 5.90. The quantitative estimate of drug-likeness (QED) is 0.560. The predicted molar refractivity (Wildman–Crippen MR) is 114 cm³/mol. The number of carbonyl (C=O) groups excluding carboxylic acids is 2. The number of hydrogen-bond acceptors (Lipinski definition) is 6. The highest BCUT2D eigenvalue weighted by Gasteiger charge is 2.20. The summed E-state index contributed by atoms with van der Waals surface area (Å²) in [5.41, 5.74) is 3.33. The molecule has 3 aromatic rings. The maximum atomic E-state index is 12.4. The molecule has 0 N–H and O–H groups in total. The number of rotatable bonds is 7. The zero-order valence-corrected chi connectivity index (χ0v) is 17.6. The number of nitrogens with zero attached hydrogens (tertiary/aromatic N) is 5. The summed E-state index contributed by atoms with van der Waals surface area (Å²) in [6, 6.07) is 17.2. The van der Waals surface area contributed by atoms with Crippen LogP contribution in [0.4, 0.5) is 5.69 Å². The number of para-hydroxylation sites is 1. The smallest absolute Gasteiger partial charge is 0.361 e. The first-order valence-corrected chi connectivity index (χ1v) is 9.52. The van der Waals surface area contributed by atoms with Crippen molar-refractivity contribution in [2.45, 2.75) is 13.5 Å². The van der Waals surface area contributed by atoms with E-state index in [1.54, 1.807) is 14.0 Å². The summed E-state index contributed by atoms with van der Waals surface area (Å²) in [6.07, 6.45) is 0. The summed E-state index contributed by atoms with van der Waals surface area (Å²) in [7, 11) is 5.62. The van der Waals surface area contributed by atoms with E-state index in [1.165, 1.54) is 9.70 Å². The van der Waals surface area contributed by atoms with Gasteiger partial charge in [-0.1, -0.05) is 30.3 Å². The van der Waals surface area contributed by atoms with Gasteiger partial charge >= 0.3 is 5.97 Å². The molecule has 0 fully saturated rings. The zero-order chi connectivity index (χ0) is 21.7. The standard InChI is InChI=1S/C22H25N5O3/c1-16-21(24-27(23-16)19-8-6-5-7-9-19)22(29)30-15-20(28)26(4)14-17-10-12-18(13-11-17)25(2)3/h5-13H,14-15H2,1-4H3. The fourth-order valence-corrected chi connectivity index (χ4v) is 2.81. The van der Waals surface area contributed by atoms with Gasteiger partial charge in [-0.05, 0) is 36.8 Å². The molecule has 30 heavy (non-hydrogen) atoms. The lowest BCUT2D eigenvalue weighted by Crippen LogP contribution is -2.31. The first-order valence-electron chi connectivity index (χ1n) is 9.52. The molecule has 1 aromatic heterocycles. The number of aryl methyl sites for hydroxylation is 1. The molecule has 0 aliphatic heterocycles. The Labute approximate surface area is 175 Å². The Morgan fingerprint density at radius 3 is 2.27 bits per heavy atom. The second-order valence-electron chi connectivity index (χ2n) is 7.15. The van der Waals surface area contributed by atoms with Crippen molar-refractivity contribution in [2.24, 2.45) is 0 Å². The average molecular weight is 407 g/mol. The van der Waals surface area contributed by atoms with Crippen LogP contribution in [-0.4, -0.2) is 59.5 Å². The summed E-state index contributed by atoms with van der Waals surface area (Å²) < 4.78 is 5.18. The van der Waals surface area contributed by atoms with E-state index in [-0.39, 0.29) is 18.2 Å². The van der Waals surface area contributed by atoms with Crippen LogP contribution in [0.5, 0.6) is 0 Å². The molecule has 0 aliphatic rings. The lowest BCUT2D eigenvalue weighted by Gasteiger charge is -2.18. The van der Waals surface area contributed by atoms with Crippen LogP contribution in [0, 0.1) is 6.92 Å². The first-order chi connectivity index (χ1) is 14.3. The predicted octanol–water partition coefficient (Wildman–Crippen LogP) is 2.46. The second-order valence-corrected chi connectivity index (χ2v) is 7.15. The number of anilines is 1. The highest BCUT2D eigenvalue weighted by Crippen LogP contribution is 2.14. The van der Waals surface area contributed by atoms with Gasteiger partial charge in [0.15, 0.2) is 12.3 Å². The van der Waals surface area contributed by atoms with Crippen molar-refractivity contribution in [1.29, 1.82) is 0 Å². The minimum Gasteiger partial charge on any atom is -0.451 e. The molecule has 0 saturated carbocycles. The third kappa shape index (κ3) is 5.02. The Hall–Kier alpha value is -3.68. The van der Waals surface area contributed by atoms with Gasteiger partial charge in [0, 0.05) is 33.4 Å². The third-order valence-corrected chi connectivity index (χ3v) is 4.59. The minimum atomic E-state index is -0.674. The van der Waals surface area contributed by atoms with Crippen LogP contribution in [-0.2, 0) is 16.1 Å². The van der Waals surface area contributed by atoms with Gasteiger partial charge < -0.3 is 14.5 Å². The van der Waals surface area contributed by atoms with Crippen molar-refractivity contribution in [3.63, 3.8) is 0 Å².